The number of benzene rings is 1. The number of aromatic nitrogens is 1. The van der Waals surface area contributed by atoms with E-state index in [0.29, 0.717) is 40.1 Å². The SMILES string of the molecule is C[C@@H](Oc1ccc(N)c(C(=N)[B]O)c1)c1c(Cl)cncc1Cl. The van der Waals surface area contributed by atoms with Gasteiger partial charge in [0, 0.05) is 34.8 Å². The number of anilines is 1. The first-order valence-electron chi connectivity index (χ1n) is 6.35. The molecule has 5 nitrogen and oxygen atoms in total. The smallest absolute Gasteiger partial charge is 0.348 e. The highest BCUT2D eigenvalue weighted by Crippen LogP contribution is 2.33. The fraction of sp³-hybridized carbons (Fsp3) is 0.143. The molecule has 0 unspecified atom stereocenters. The zero-order chi connectivity index (χ0) is 16.3. The van der Waals surface area contributed by atoms with Crippen molar-refractivity contribution < 1.29 is 9.76 Å². The van der Waals surface area contributed by atoms with Gasteiger partial charge in [-0.25, -0.2) is 0 Å². The molecule has 0 aliphatic heterocycles. The average Bonchev–Trinajstić information content (AvgIpc) is 2.48. The molecule has 1 heterocycles. The lowest BCUT2D eigenvalue weighted by Crippen LogP contribution is -2.12. The lowest BCUT2D eigenvalue weighted by atomic mass is 9.86. The quantitative estimate of drug-likeness (QED) is 0.444. The van der Waals surface area contributed by atoms with Crippen molar-refractivity contribution in [3.8, 4) is 5.75 Å². The topological polar surface area (TPSA) is 92.2 Å². The lowest BCUT2D eigenvalue weighted by molar-refractivity contribution is 0.227. The molecular weight excluding hydrogens is 324 g/mol. The van der Waals surface area contributed by atoms with Crippen LogP contribution in [0.4, 0.5) is 5.69 Å². The van der Waals surface area contributed by atoms with E-state index < -0.39 is 6.10 Å². The Morgan fingerprint density at radius 3 is 2.59 bits per heavy atom. The maximum atomic E-state index is 8.95. The predicted octanol–water partition coefficient (Wildman–Crippen LogP) is 3.05. The van der Waals surface area contributed by atoms with Crippen molar-refractivity contribution in [2.45, 2.75) is 13.0 Å². The van der Waals surface area contributed by atoms with E-state index in [1.54, 1.807) is 25.1 Å². The molecule has 1 aromatic carbocycles. The highest BCUT2D eigenvalue weighted by molar-refractivity contribution is 6.73. The third kappa shape index (κ3) is 3.52. The Balaban J connectivity index is 2.29. The van der Waals surface area contributed by atoms with E-state index in [-0.39, 0.29) is 5.61 Å². The molecule has 1 aromatic heterocycles. The number of hydrogen-bond donors (Lipinski definition) is 3. The second-order valence-electron chi connectivity index (χ2n) is 4.57. The molecule has 0 saturated carbocycles. The van der Waals surface area contributed by atoms with Crippen LogP contribution in [0.5, 0.6) is 5.75 Å². The molecule has 0 aliphatic carbocycles. The summed E-state index contributed by atoms with van der Waals surface area (Å²) < 4.78 is 5.81. The van der Waals surface area contributed by atoms with Crippen LogP contribution in [-0.2, 0) is 0 Å². The zero-order valence-electron chi connectivity index (χ0n) is 11.7. The molecule has 2 aromatic rings. The summed E-state index contributed by atoms with van der Waals surface area (Å²) in [5.41, 5.74) is 7.05. The number of nitrogens with one attached hydrogen (secondary N) is 1. The van der Waals surface area contributed by atoms with Crippen LogP contribution in [0.1, 0.15) is 24.2 Å². The minimum Gasteiger partial charge on any atom is -0.486 e. The van der Waals surface area contributed by atoms with Crippen molar-refractivity contribution in [1.82, 2.24) is 4.98 Å². The minimum atomic E-state index is -0.424. The first-order valence-corrected chi connectivity index (χ1v) is 7.11. The summed E-state index contributed by atoms with van der Waals surface area (Å²) in [6.07, 6.45) is 2.56. The fourth-order valence-electron chi connectivity index (χ4n) is 1.98. The maximum absolute atomic E-state index is 8.95. The molecule has 1 radical (unpaired) electrons. The van der Waals surface area contributed by atoms with E-state index >= 15 is 0 Å². The molecule has 22 heavy (non-hydrogen) atoms. The summed E-state index contributed by atoms with van der Waals surface area (Å²) in [4.78, 5) is 3.90. The van der Waals surface area contributed by atoms with Gasteiger partial charge in [0.2, 0.25) is 0 Å². The van der Waals surface area contributed by atoms with Crippen molar-refractivity contribution in [3.63, 3.8) is 0 Å². The number of nitrogens with two attached hydrogens (primary N) is 1. The van der Waals surface area contributed by atoms with Crippen molar-refractivity contribution >= 4 is 42.0 Å². The summed E-state index contributed by atoms with van der Waals surface area (Å²) in [6, 6.07) is 4.85. The molecule has 113 valence electrons. The summed E-state index contributed by atoms with van der Waals surface area (Å²) in [6.45, 7) is 1.80. The molecular formula is C14H13BCl2N3O2. The molecule has 0 amide bonds. The third-order valence-corrected chi connectivity index (χ3v) is 3.66. The Labute approximate surface area is 138 Å². The number of ether oxygens (including phenoxy) is 1. The number of halogens is 2. The number of nitrogens with zero attached hydrogens (tertiary/aromatic N) is 1. The van der Waals surface area contributed by atoms with Crippen molar-refractivity contribution in [3.05, 3.63) is 51.8 Å². The number of hydrogen-bond acceptors (Lipinski definition) is 5. The monoisotopic (exact) mass is 336 g/mol. The largest absolute Gasteiger partial charge is 0.486 e. The van der Waals surface area contributed by atoms with Crippen LogP contribution in [0.3, 0.4) is 0 Å². The van der Waals surface area contributed by atoms with Crippen LogP contribution in [0.15, 0.2) is 30.6 Å². The van der Waals surface area contributed by atoms with Gasteiger partial charge in [-0.15, -0.1) is 0 Å². The first kappa shape index (κ1) is 16.6. The Kier molecular flexibility index (Phi) is 5.29. The maximum Gasteiger partial charge on any atom is 0.348 e. The highest BCUT2D eigenvalue weighted by atomic mass is 35.5. The molecule has 8 heteroatoms. The van der Waals surface area contributed by atoms with Gasteiger partial charge in [-0.2, -0.15) is 0 Å². The van der Waals surface area contributed by atoms with Gasteiger partial charge in [-0.3, -0.25) is 4.98 Å². The standard InChI is InChI=1S/C14H13BCl2N3O2/c1-7(13-10(16)5-20-6-11(13)17)22-8-2-3-12(18)9(4-8)14(19)15-21/h2-7,19,21H,18H2,1H3/t7-/m1/s1. The van der Waals surface area contributed by atoms with Crippen molar-refractivity contribution in [2.24, 2.45) is 0 Å². The Morgan fingerprint density at radius 2 is 2.00 bits per heavy atom. The second-order valence-corrected chi connectivity index (χ2v) is 5.38. The van der Waals surface area contributed by atoms with Crippen molar-refractivity contribution in [1.29, 1.82) is 5.41 Å². The molecule has 4 N–H and O–H groups in total. The van der Waals surface area contributed by atoms with Crippen LogP contribution in [0.25, 0.3) is 0 Å². The van der Waals surface area contributed by atoms with Crippen LogP contribution in [-0.4, -0.2) is 23.1 Å². The van der Waals surface area contributed by atoms with Gasteiger partial charge in [0.1, 0.15) is 11.9 Å². The molecule has 0 saturated heterocycles. The third-order valence-electron chi connectivity index (χ3n) is 3.05. The predicted molar refractivity (Wildman–Crippen MR) is 89.0 cm³/mol. The van der Waals surface area contributed by atoms with Gasteiger partial charge in [0.15, 0.2) is 0 Å². The van der Waals surface area contributed by atoms with Crippen LogP contribution in [0, 0.1) is 5.41 Å². The Bertz CT molecular complexity index is 692. The van der Waals surface area contributed by atoms with Gasteiger partial charge in [-0.05, 0) is 25.1 Å². The van der Waals surface area contributed by atoms with E-state index in [4.69, 9.17) is 44.1 Å². The van der Waals surface area contributed by atoms with Crippen LogP contribution >= 0.6 is 23.2 Å². The molecule has 1 atom stereocenters. The number of rotatable bonds is 5. The number of pyridine rings is 1. The summed E-state index contributed by atoms with van der Waals surface area (Å²) in [5, 5.41) is 17.4. The van der Waals surface area contributed by atoms with Crippen LogP contribution < -0.4 is 10.5 Å². The molecule has 0 fully saturated rings. The second kappa shape index (κ2) is 7.00. The van der Waals surface area contributed by atoms with Gasteiger partial charge >= 0.3 is 7.48 Å². The molecule has 0 spiro atoms. The number of nitrogen functional groups attached to an aromatic ring is 1. The summed E-state index contributed by atoms with van der Waals surface area (Å²) in [5.74, 6) is 0.479. The van der Waals surface area contributed by atoms with E-state index in [2.05, 4.69) is 4.98 Å². The minimum absolute atomic E-state index is 0.101. The Hall–Kier alpha value is -1.76. The van der Waals surface area contributed by atoms with Gasteiger partial charge in [0.05, 0.1) is 10.0 Å². The van der Waals surface area contributed by atoms with E-state index in [9.17, 15) is 0 Å². The lowest BCUT2D eigenvalue weighted by Gasteiger charge is -2.18. The molecule has 2 rings (SSSR count). The summed E-state index contributed by atoms with van der Waals surface area (Å²) in [7, 11) is 0.676. The van der Waals surface area contributed by atoms with Gasteiger partial charge in [-0.1, -0.05) is 23.2 Å². The van der Waals surface area contributed by atoms with E-state index in [1.807, 2.05) is 0 Å². The van der Waals surface area contributed by atoms with Crippen LogP contribution in [0.2, 0.25) is 10.0 Å². The fourth-order valence-corrected chi connectivity index (χ4v) is 2.66. The summed E-state index contributed by atoms with van der Waals surface area (Å²) >= 11 is 12.2. The molecule has 0 aliphatic rings. The first-order chi connectivity index (χ1) is 10.4. The highest BCUT2D eigenvalue weighted by Gasteiger charge is 2.17. The van der Waals surface area contributed by atoms with Crippen molar-refractivity contribution in [2.75, 3.05) is 5.73 Å². The Morgan fingerprint density at radius 1 is 1.36 bits per heavy atom. The van der Waals surface area contributed by atoms with Gasteiger partial charge in [0.25, 0.3) is 0 Å². The normalized spacial score (nSPS) is 11.8. The van der Waals surface area contributed by atoms with E-state index in [0.717, 1.165) is 0 Å². The van der Waals surface area contributed by atoms with E-state index in [1.165, 1.54) is 12.4 Å². The molecule has 0 bridgehead atoms. The average molecular weight is 337 g/mol. The zero-order valence-corrected chi connectivity index (χ0v) is 13.2. The van der Waals surface area contributed by atoms with Gasteiger partial charge < -0.3 is 20.9 Å².